The van der Waals surface area contributed by atoms with E-state index in [4.69, 9.17) is 5.11 Å². The van der Waals surface area contributed by atoms with Crippen LogP contribution in [0.3, 0.4) is 0 Å². The maximum Gasteiger partial charge on any atom is 0.317 e. The normalized spacial score (nSPS) is 22.6. The van der Waals surface area contributed by atoms with E-state index in [9.17, 15) is 4.79 Å². The highest BCUT2D eigenvalue weighted by Crippen LogP contribution is 2.26. The molecule has 0 atom stereocenters. The van der Waals surface area contributed by atoms with Crippen molar-refractivity contribution in [2.24, 2.45) is 13.0 Å². The summed E-state index contributed by atoms with van der Waals surface area (Å²) in [5.41, 5.74) is 0.998. The third kappa shape index (κ3) is 3.72. The molecule has 2 rings (SSSR count). The van der Waals surface area contributed by atoms with Crippen molar-refractivity contribution in [1.82, 2.24) is 20.0 Å². The van der Waals surface area contributed by atoms with Gasteiger partial charge in [-0.2, -0.15) is 5.10 Å². The quantitative estimate of drug-likeness (QED) is 0.868. The van der Waals surface area contributed by atoms with Crippen molar-refractivity contribution in [3.8, 4) is 0 Å². The number of rotatable bonds is 4. The van der Waals surface area contributed by atoms with Gasteiger partial charge in [-0.25, -0.2) is 4.79 Å². The third-order valence-corrected chi connectivity index (χ3v) is 4.14. The standard InChI is InChI=1S/C14H24N4O2/c1-17-9-12(8-16-17)7-15-14(20)18(2)13-5-3-11(10-19)4-6-13/h8-9,11,13,19H,3-7,10H2,1-2H3,(H,15,20). The van der Waals surface area contributed by atoms with E-state index >= 15 is 0 Å². The van der Waals surface area contributed by atoms with Gasteiger partial charge < -0.3 is 15.3 Å². The van der Waals surface area contributed by atoms with Gasteiger partial charge in [-0.3, -0.25) is 4.68 Å². The lowest BCUT2D eigenvalue weighted by atomic mass is 9.86. The molecule has 6 nitrogen and oxygen atoms in total. The third-order valence-electron chi connectivity index (χ3n) is 4.14. The fourth-order valence-electron chi connectivity index (χ4n) is 2.75. The monoisotopic (exact) mass is 280 g/mol. The lowest BCUT2D eigenvalue weighted by molar-refractivity contribution is 0.134. The van der Waals surface area contributed by atoms with Gasteiger partial charge in [0.1, 0.15) is 0 Å². The Morgan fingerprint density at radius 2 is 2.20 bits per heavy atom. The molecule has 1 aliphatic rings. The predicted molar refractivity (Wildman–Crippen MR) is 76.0 cm³/mol. The molecule has 2 amide bonds. The lowest BCUT2D eigenvalue weighted by Gasteiger charge is -2.34. The molecule has 112 valence electrons. The first kappa shape index (κ1) is 14.8. The molecule has 1 saturated carbocycles. The van der Waals surface area contributed by atoms with Gasteiger partial charge in [0.25, 0.3) is 0 Å². The summed E-state index contributed by atoms with van der Waals surface area (Å²) in [5, 5.41) is 16.1. The predicted octanol–water partition coefficient (Wildman–Crippen LogP) is 1.11. The van der Waals surface area contributed by atoms with Crippen LogP contribution in [-0.4, -0.2) is 45.5 Å². The summed E-state index contributed by atoms with van der Waals surface area (Å²) in [4.78, 5) is 13.9. The molecule has 1 heterocycles. The first-order valence-electron chi connectivity index (χ1n) is 7.19. The fraction of sp³-hybridized carbons (Fsp3) is 0.714. The van der Waals surface area contributed by atoms with Gasteiger partial charge in [-0.1, -0.05) is 0 Å². The number of aliphatic hydroxyl groups excluding tert-OH is 1. The number of aliphatic hydroxyl groups is 1. The van der Waals surface area contributed by atoms with E-state index in [0.717, 1.165) is 31.2 Å². The number of nitrogens with zero attached hydrogens (tertiary/aromatic N) is 3. The number of carbonyl (C=O) groups is 1. The number of carbonyl (C=O) groups excluding carboxylic acids is 1. The molecule has 1 fully saturated rings. The second kappa shape index (κ2) is 6.74. The van der Waals surface area contributed by atoms with Crippen molar-refractivity contribution in [2.45, 2.75) is 38.3 Å². The maximum absolute atomic E-state index is 12.1. The Hall–Kier alpha value is -1.56. The van der Waals surface area contributed by atoms with E-state index in [1.165, 1.54) is 0 Å². The molecule has 1 aromatic heterocycles. The van der Waals surface area contributed by atoms with E-state index in [2.05, 4.69) is 10.4 Å². The largest absolute Gasteiger partial charge is 0.396 e. The molecule has 20 heavy (non-hydrogen) atoms. The molecule has 0 bridgehead atoms. The van der Waals surface area contributed by atoms with Crippen LogP contribution < -0.4 is 5.32 Å². The lowest BCUT2D eigenvalue weighted by Crippen LogP contribution is -2.45. The molecule has 0 saturated heterocycles. The Morgan fingerprint density at radius 3 is 2.75 bits per heavy atom. The molecular weight excluding hydrogens is 256 g/mol. The number of aryl methyl sites for hydroxylation is 1. The van der Waals surface area contributed by atoms with Crippen LogP contribution in [0.5, 0.6) is 0 Å². The topological polar surface area (TPSA) is 70.4 Å². The number of hydrogen-bond acceptors (Lipinski definition) is 3. The first-order valence-corrected chi connectivity index (χ1v) is 7.19. The summed E-state index contributed by atoms with van der Waals surface area (Å²) in [7, 11) is 3.71. The number of aromatic nitrogens is 2. The highest BCUT2D eigenvalue weighted by molar-refractivity contribution is 5.74. The molecule has 0 aliphatic heterocycles. The van der Waals surface area contributed by atoms with Crippen LogP contribution in [0.1, 0.15) is 31.2 Å². The van der Waals surface area contributed by atoms with Crippen molar-refractivity contribution in [1.29, 1.82) is 0 Å². The molecule has 1 aromatic rings. The van der Waals surface area contributed by atoms with Crippen LogP contribution in [0.4, 0.5) is 4.79 Å². The zero-order valence-corrected chi connectivity index (χ0v) is 12.2. The Kier molecular flexibility index (Phi) is 5.00. The summed E-state index contributed by atoms with van der Waals surface area (Å²) in [6, 6.07) is 0.244. The van der Waals surface area contributed by atoms with Crippen LogP contribution in [0.15, 0.2) is 12.4 Å². The van der Waals surface area contributed by atoms with Crippen molar-refractivity contribution in [2.75, 3.05) is 13.7 Å². The van der Waals surface area contributed by atoms with Gasteiger partial charge >= 0.3 is 6.03 Å². The van der Waals surface area contributed by atoms with E-state index in [-0.39, 0.29) is 18.7 Å². The van der Waals surface area contributed by atoms with Crippen LogP contribution in [0.2, 0.25) is 0 Å². The molecule has 0 radical (unpaired) electrons. The molecule has 0 unspecified atom stereocenters. The summed E-state index contributed by atoms with van der Waals surface area (Å²) in [6.45, 7) is 0.770. The smallest absolute Gasteiger partial charge is 0.317 e. The van der Waals surface area contributed by atoms with Crippen molar-refractivity contribution in [3.63, 3.8) is 0 Å². The highest BCUT2D eigenvalue weighted by atomic mass is 16.3. The van der Waals surface area contributed by atoms with E-state index in [1.807, 2.05) is 20.3 Å². The van der Waals surface area contributed by atoms with Crippen LogP contribution in [0.25, 0.3) is 0 Å². The van der Waals surface area contributed by atoms with E-state index in [0.29, 0.717) is 12.5 Å². The van der Waals surface area contributed by atoms with Gasteiger partial charge in [0.15, 0.2) is 0 Å². The molecule has 2 N–H and O–H groups in total. The first-order chi connectivity index (χ1) is 9.60. The van der Waals surface area contributed by atoms with Gasteiger partial charge in [0.2, 0.25) is 0 Å². The minimum atomic E-state index is -0.0405. The van der Waals surface area contributed by atoms with Crippen molar-refractivity contribution < 1.29 is 9.90 Å². The molecule has 6 heteroatoms. The average Bonchev–Trinajstić information content (AvgIpc) is 2.89. The number of nitrogens with one attached hydrogen (secondary N) is 1. The number of hydrogen-bond donors (Lipinski definition) is 2. The van der Waals surface area contributed by atoms with Gasteiger partial charge in [0, 0.05) is 45.0 Å². The summed E-state index contributed by atoms with van der Waals surface area (Å²) in [5.74, 6) is 0.415. The second-order valence-electron chi connectivity index (χ2n) is 5.65. The molecular formula is C14H24N4O2. The number of amides is 2. The Bertz CT molecular complexity index is 438. The van der Waals surface area contributed by atoms with Gasteiger partial charge in [-0.05, 0) is 31.6 Å². The summed E-state index contributed by atoms with van der Waals surface area (Å²) in [6.07, 6.45) is 7.60. The molecule has 0 aromatic carbocycles. The van der Waals surface area contributed by atoms with Crippen molar-refractivity contribution in [3.05, 3.63) is 18.0 Å². The second-order valence-corrected chi connectivity index (χ2v) is 5.65. The minimum absolute atomic E-state index is 0.0405. The Labute approximate surface area is 119 Å². The van der Waals surface area contributed by atoms with Crippen LogP contribution in [0, 0.1) is 5.92 Å². The minimum Gasteiger partial charge on any atom is -0.396 e. The summed E-state index contributed by atoms with van der Waals surface area (Å²) >= 11 is 0. The number of urea groups is 1. The highest BCUT2D eigenvalue weighted by Gasteiger charge is 2.26. The van der Waals surface area contributed by atoms with Crippen LogP contribution >= 0.6 is 0 Å². The zero-order valence-electron chi connectivity index (χ0n) is 12.2. The molecule has 0 spiro atoms. The van der Waals surface area contributed by atoms with E-state index < -0.39 is 0 Å². The van der Waals surface area contributed by atoms with Gasteiger partial charge in [0.05, 0.1) is 6.20 Å². The zero-order chi connectivity index (χ0) is 14.5. The molecule has 1 aliphatic carbocycles. The maximum atomic E-state index is 12.1. The SMILES string of the molecule is CN(C(=O)NCc1cnn(C)c1)C1CCC(CO)CC1. The Balaban J connectivity index is 1.77. The Morgan fingerprint density at radius 1 is 1.50 bits per heavy atom. The fourth-order valence-corrected chi connectivity index (χ4v) is 2.75. The van der Waals surface area contributed by atoms with Crippen molar-refractivity contribution >= 4 is 6.03 Å². The summed E-state index contributed by atoms with van der Waals surface area (Å²) < 4.78 is 1.72. The van der Waals surface area contributed by atoms with Crippen LogP contribution in [-0.2, 0) is 13.6 Å². The van der Waals surface area contributed by atoms with E-state index in [1.54, 1.807) is 15.8 Å². The average molecular weight is 280 g/mol. The van der Waals surface area contributed by atoms with Gasteiger partial charge in [-0.15, -0.1) is 0 Å².